The van der Waals surface area contributed by atoms with E-state index >= 15 is 0 Å². The van der Waals surface area contributed by atoms with Crippen molar-refractivity contribution in [1.82, 2.24) is 0 Å². The number of carboxylic acid groups (broad SMARTS) is 2. The van der Waals surface area contributed by atoms with Crippen molar-refractivity contribution in [2.24, 2.45) is 0 Å². The van der Waals surface area contributed by atoms with E-state index in [-0.39, 0.29) is 59.1 Å². The predicted molar refractivity (Wildman–Crippen MR) is 20.6 cm³/mol. The van der Waals surface area contributed by atoms with Crippen LogP contribution in [0.15, 0.2) is 0 Å². The van der Waals surface area contributed by atoms with Gasteiger partial charge in [0.1, 0.15) is 5.60 Å². The third-order valence-corrected chi connectivity index (χ3v) is 0.795. The Morgan fingerprint density at radius 1 is 1.18 bits per heavy atom. The first-order chi connectivity index (χ1) is 3.89. The van der Waals surface area contributed by atoms with E-state index in [9.17, 15) is 19.8 Å². The predicted octanol–water partition coefficient (Wildman–Crippen LogP) is -9.75. The minimum absolute atomic E-state index is 0. The monoisotopic (exact) mass is 178 g/mol. The van der Waals surface area contributed by atoms with Crippen molar-refractivity contribution in [3.8, 4) is 0 Å². The van der Waals surface area contributed by atoms with E-state index in [1.807, 2.05) is 0 Å². The van der Waals surface area contributed by atoms with Crippen molar-refractivity contribution in [2.45, 2.75) is 12.5 Å². The maximum absolute atomic E-state index is 9.68. The van der Waals surface area contributed by atoms with Gasteiger partial charge in [0.05, 0.1) is 11.9 Å². The van der Waals surface area contributed by atoms with Crippen LogP contribution in [0.3, 0.4) is 0 Å². The SMILES string of the molecule is CC(O)(C(=O)[O-])C(=O)[O-].[Na+].[Na+]. The first kappa shape index (κ1) is 17.8. The number of hydrogen-bond acceptors (Lipinski definition) is 5. The zero-order valence-electron chi connectivity index (χ0n) is 6.58. The summed E-state index contributed by atoms with van der Waals surface area (Å²) in [6.45, 7) is 0.567. The van der Waals surface area contributed by atoms with Crippen molar-refractivity contribution in [3.05, 3.63) is 0 Å². The second-order valence-electron chi connectivity index (χ2n) is 1.65. The van der Waals surface area contributed by atoms with E-state index in [1.165, 1.54) is 0 Å². The summed E-state index contributed by atoms with van der Waals surface area (Å²) in [4.78, 5) is 19.4. The average molecular weight is 178 g/mol. The normalized spacial score (nSPS) is 8.91. The molecule has 0 saturated carbocycles. The molecule has 11 heavy (non-hydrogen) atoms. The molecule has 0 fully saturated rings. The molecule has 0 aromatic carbocycles. The first-order valence-corrected chi connectivity index (χ1v) is 2.04. The number of carbonyl (C=O) groups excluding carboxylic acids is 2. The van der Waals surface area contributed by atoms with Crippen LogP contribution in [0.5, 0.6) is 0 Å². The van der Waals surface area contributed by atoms with Crippen LogP contribution < -0.4 is 69.3 Å². The number of carboxylic acids is 2. The molecule has 0 rings (SSSR count). The minimum Gasteiger partial charge on any atom is -0.547 e. The summed E-state index contributed by atoms with van der Waals surface area (Å²) in [5, 5.41) is 27.7. The standard InChI is InChI=1S/C4H6O5.2Na/c1-4(9,2(5)6)3(7)8;;/h9H,1H3,(H,5,6)(H,7,8);;/q;2*+1/p-2. The molecule has 1 N–H and O–H groups in total. The van der Waals surface area contributed by atoms with E-state index < -0.39 is 17.5 Å². The molecule has 52 valence electrons. The van der Waals surface area contributed by atoms with Gasteiger partial charge in [-0.05, 0) is 6.92 Å². The van der Waals surface area contributed by atoms with E-state index in [2.05, 4.69) is 0 Å². The Morgan fingerprint density at radius 3 is 1.36 bits per heavy atom. The molecule has 0 bridgehead atoms. The van der Waals surface area contributed by atoms with E-state index in [1.54, 1.807) is 0 Å². The van der Waals surface area contributed by atoms with Gasteiger partial charge in [-0.15, -0.1) is 0 Å². The van der Waals surface area contributed by atoms with Crippen molar-refractivity contribution >= 4 is 11.9 Å². The summed E-state index contributed by atoms with van der Waals surface area (Å²) in [6, 6.07) is 0. The molecule has 0 heterocycles. The van der Waals surface area contributed by atoms with Gasteiger partial charge >= 0.3 is 59.1 Å². The van der Waals surface area contributed by atoms with Crippen LogP contribution in [0.25, 0.3) is 0 Å². The molecule has 0 aromatic heterocycles. The zero-order chi connectivity index (χ0) is 7.65. The molecule has 0 aliphatic heterocycles. The second kappa shape index (κ2) is 6.42. The Labute approximate surface area is 107 Å². The summed E-state index contributed by atoms with van der Waals surface area (Å²) >= 11 is 0. The van der Waals surface area contributed by atoms with Gasteiger partial charge in [-0.25, -0.2) is 0 Å². The fourth-order valence-electron chi connectivity index (χ4n) is 0.0833. The minimum atomic E-state index is -2.89. The summed E-state index contributed by atoms with van der Waals surface area (Å²) in [6.07, 6.45) is 0. The molecule has 0 radical (unpaired) electrons. The maximum Gasteiger partial charge on any atom is 1.00 e. The van der Waals surface area contributed by atoms with Gasteiger partial charge < -0.3 is 24.9 Å². The molecule has 0 atom stereocenters. The van der Waals surface area contributed by atoms with Crippen LogP contribution in [0.1, 0.15) is 6.92 Å². The largest absolute Gasteiger partial charge is 1.00 e. The van der Waals surface area contributed by atoms with E-state index in [0.717, 1.165) is 0 Å². The number of aliphatic carboxylic acids is 2. The molecule has 7 heteroatoms. The van der Waals surface area contributed by atoms with E-state index in [4.69, 9.17) is 5.11 Å². The quantitative estimate of drug-likeness (QED) is 0.334. The molecular formula is C4H4Na2O5. The number of aliphatic hydroxyl groups is 1. The van der Waals surface area contributed by atoms with E-state index in [0.29, 0.717) is 6.92 Å². The van der Waals surface area contributed by atoms with Gasteiger partial charge in [0.25, 0.3) is 0 Å². The smallest absolute Gasteiger partial charge is 0.547 e. The Morgan fingerprint density at radius 2 is 1.36 bits per heavy atom. The van der Waals surface area contributed by atoms with Gasteiger partial charge in [-0.2, -0.15) is 0 Å². The van der Waals surface area contributed by atoms with Crippen LogP contribution in [0.4, 0.5) is 0 Å². The first-order valence-electron chi connectivity index (χ1n) is 2.04. The van der Waals surface area contributed by atoms with Gasteiger partial charge in [0.15, 0.2) is 0 Å². The van der Waals surface area contributed by atoms with Crippen LogP contribution in [-0.2, 0) is 9.59 Å². The fourth-order valence-corrected chi connectivity index (χ4v) is 0.0833. The van der Waals surface area contributed by atoms with Crippen molar-refractivity contribution in [3.63, 3.8) is 0 Å². The van der Waals surface area contributed by atoms with Gasteiger partial charge in [0.2, 0.25) is 0 Å². The third kappa shape index (κ3) is 5.19. The van der Waals surface area contributed by atoms with Crippen molar-refractivity contribution in [2.75, 3.05) is 0 Å². The van der Waals surface area contributed by atoms with Gasteiger partial charge in [-0.1, -0.05) is 0 Å². The summed E-state index contributed by atoms with van der Waals surface area (Å²) in [5.41, 5.74) is -2.89. The topological polar surface area (TPSA) is 100 Å². The van der Waals surface area contributed by atoms with Crippen LogP contribution in [0, 0.1) is 0 Å². The molecule has 0 spiro atoms. The van der Waals surface area contributed by atoms with Crippen LogP contribution in [0.2, 0.25) is 0 Å². The Kier molecular flexibility index (Phi) is 10.4. The molecule has 5 nitrogen and oxygen atoms in total. The number of carbonyl (C=O) groups is 2. The summed E-state index contributed by atoms with van der Waals surface area (Å²) in [7, 11) is 0. The molecule has 0 aliphatic carbocycles. The summed E-state index contributed by atoms with van der Waals surface area (Å²) < 4.78 is 0. The third-order valence-electron chi connectivity index (χ3n) is 0.795. The van der Waals surface area contributed by atoms with Crippen molar-refractivity contribution < 1.29 is 84.0 Å². The van der Waals surface area contributed by atoms with Crippen LogP contribution >= 0.6 is 0 Å². The average Bonchev–Trinajstić information content (AvgIpc) is 1.65. The molecule has 0 unspecified atom stereocenters. The summed E-state index contributed by atoms with van der Waals surface area (Å²) in [5.74, 6) is -4.16. The van der Waals surface area contributed by atoms with Crippen molar-refractivity contribution in [1.29, 1.82) is 0 Å². The van der Waals surface area contributed by atoms with Gasteiger partial charge in [0, 0.05) is 0 Å². The van der Waals surface area contributed by atoms with Crippen LogP contribution in [-0.4, -0.2) is 22.6 Å². The zero-order valence-corrected chi connectivity index (χ0v) is 10.6. The Balaban J connectivity index is -0.000000320. The fraction of sp³-hybridized carbons (Fsp3) is 0.500. The number of rotatable bonds is 2. The maximum atomic E-state index is 9.68. The molecule has 0 aliphatic rings. The second-order valence-corrected chi connectivity index (χ2v) is 1.65. The molecular weight excluding hydrogens is 174 g/mol. The molecule has 0 aromatic rings. The number of hydrogen-bond donors (Lipinski definition) is 1. The molecule has 0 amide bonds. The molecule has 0 saturated heterocycles. The Bertz CT molecular complexity index is 139. The van der Waals surface area contributed by atoms with Gasteiger partial charge in [-0.3, -0.25) is 0 Å². The Hall–Kier alpha value is 0.900.